The largest absolute Gasteiger partial charge is 0.317 e. The molecule has 0 saturated carbocycles. The van der Waals surface area contributed by atoms with Gasteiger partial charge in [-0.2, -0.15) is 0 Å². The van der Waals surface area contributed by atoms with Crippen LogP contribution in [0.25, 0.3) is 0 Å². The van der Waals surface area contributed by atoms with Gasteiger partial charge in [-0.05, 0) is 56.6 Å². The van der Waals surface area contributed by atoms with Crippen molar-refractivity contribution in [1.29, 1.82) is 0 Å². The maximum atomic E-state index is 4.02. The second-order valence-electron chi connectivity index (χ2n) is 4.67. The molecule has 1 aromatic heterocycles. The van der Waals surface area contributed by atoms with Crippen molar-refractivity contribution in [2.45, 2.75) is 39.2 Å². The Morgan fingerprint density at radius 2 is 1.76 bits per heavy atom. The average molecular weight is 235 g/mol. The molecule has 0 unspecified atom stereocenters. The van der Waals surface area contributed by atoms with E-state index in [-0.39, 0.29) is 0 Å². The van der Waals surface area contributed by atoms with E-state index in [1.807, 2.05) is 12.4 Å². The van der Waals surface area contributed by atoms with Gasteiger partial charge in [0.25, 0.3) is 0 Å². The van der Waals surface area contributed by atoms with Crippen molar-refractivity contribution in [3.8, 4) is 0 Å². The van der Waals surface area contributed by atoms with Crippen molar-refractivity contribution in [1.82, 2.24) is 15.6 Å². The molecule has 0 aliphatic heterocycles. The lowest BCUT2D eigenvalue weighted by atomic mass is 10.1. The molecular formula is C14H25N3. The van der Waals surface area contributed by atoms with Crippen LogP contribution in [0.2, 0.25) is 0 Å². The summed E-state index contributed by atoms with van der Waals surface area (Å²) in [4.78, 5) is 4.02. The van der Waals surface area contributed by atoms with Gasteiger partial charge in [-0.15, -0.1) is 0 Å². The minimum absolute atomic E-state index is 0.599. The fraction of sp³-hybridized carbons (Fsp3) is 0.643. The minimum atomic E-state index is 0.599. The summed E-state index contributed by atoms with van der Waals surface area (Å²) in [5, 5.41) is 6.89. The number of nitrogens with zero attached hydrogens (tertiary/aromatic N) is 1. The Bertz CT molecular complexity index is 272. The van der Waals surface area contributed by atoms with E-state index in [0.717, 1.165) is 26.1 Å². The standard InChI is InChI=1S/C14H25N3/c1-13(2)17-10-4-9-15-8-3-5-14-6-11-16-12-7-14/h6-7,11-13,15,17H,3-5,8-10H2,1-2H3. The topological polar surface area (TPSA) is 37.0 Å². The van der Waals surface area contributed by atoms with Crippen LogP contribution in [0.15, 0.2) is 24.5 Å². The summed E-state index contributed by atoms with van der Waals surface area (Å²) < 4.78 is 0. The smallest absolute Gasteiger partial charge is 0.0270 e. The highest BCUT2D eigenvalue weighted by Gasteiger charge is 1.93. The molecule has 0 atom stereocenters. The number of rotatable bonds is 9. The molecule has 96 valence electrons. The molecule has 17 heavy (non-hydrogen) atoms. The summed E-state index contributed by atoms with van der Waals surface area (Å²) in [5.41, 5.74) is 1.38. The Morgan fingerprint density at radius 3 is 2.47 bits per heavy atom. The van der Waals surface area contributed by atoms with Crippen molar-refractivity contribution < 1.29 is 0 Å². The van der Waals surface area contributed by atoms with Crippen LogP contribution in [0.3, 0.4) is 0 Å². The van der Waals surface area contributed by atoms with Crippen LogP contribution in [-0.2, 0) is 6.42 Å². The van der Waals surface area contributed by atoms with Gasteiger partial charge < -0.3 is 10.6 Å². The second kappa shape index (κ2) is 9.14. The molecule has 1 aromatic rings. The first-order valence-electron chi connectivity index (χ1n) is 6.62. The fourth-order valence-corrected chi connectivity index (χ4v) is 1.70. The number of hydrogen-bond acceptors (Lipinski definition) is 3. The maximum absolute atomic E-state index is 4.02. The highest BCUT2D eigenvalue weighted by Crippen LogP contribution is 1.99. The average Bonchev–Trinajstić information content (AvgIpc) is 2.33. The van der Waals surface area contributed by atoms with Gasteiger partial charge in [0.1, 0.15) is 0 Å². The Kier molecular flexibility index (Phi) is 7.60. The number of hydrogen-bond donors (Lipinski definition) is 2. The maximum Gasteiger partial charge on any atom is 0.0270 e. The summed E-state index contributed by atoms with van der Waals surface area (Å²) in [6, 6.07) is 4.78. The highest BCUT2D eigenvalue weighted by atomic mass is 14.9. The first-order chi connectivity index (χ1) is 8.29. The normalized spacial score (nSPS) is 11.0. The van der Waals surface area contributed by atoms with Gasteiger partial charge in [0.05, 0.1) is 0 Å². The molecule has 0 saturated heterocycles. The molecule has 3 heteroatoms. The summed E-state index contributed by atoms with van der Waals surface area (Å²) in [5.74, 6) is 0. The van der Waals surface area contributed by atoms with Crippen molar-refractivity contribution in [3.05, 3.63) is 30.1 Å². The predicted molar refractivity (Wildman–Crippen MR) is 73.2 cm³/mol. The van der Waals surface area contributed by atoms with Crippen LogP contribution in [0.4, 0.5) is 0 Å². The first-order valence-corrected chi connectivity index (χ1v) is 6.62. The van der Waals surface area contributed by atoms with E-state index in [0.29, 0.717) is 6.04 Å². The Morgan fingerprint density at radius 1 is 1.06 bits per heavy atom. The first kappa shape index (κ1) is 14.1. The third-order valence-corrected chi connectivity index (χ3v) is 2.65. The Balaban J connectivity index is 1.88. The van der Waals surface area contributed by atoms with Gasteiger partial charge in [-0.3, -0.25) is 4.98 Å². The van der Waals surface area contributed by atoms with Gasteiger partial charge in [0.15, 0.2) is 0 Å². The summed E-state index contributed by atoms with van der Waals surface area (Å²) in [7, 11) is 0. The lowest BCUT2D eigenvalue weighted by molar-refractivity contribution is 0.544. The summed E-state index contributed by atoms with van der Waals surface area (Å²) in [6.07, 6.45) is 7.26. The zero-order valence-corrected chi connectivity index (χ0v) is 11.1. The molecule has 0 aromatic carbocycles. The highest BCUT2D eigenvalue weighted by molar-refractivity contribution is 5.09. The van der Waals surface area contributed by atoms with Gasteiger partial charge in [0, 0.05) is 18.4 Å². The van der Waals surface area contributed by atoms with Crippen LogP contribution >= 0.6 is 0 Å². The minimum Gasteiger partial charge on any atom is -0.317 e. The van der Waals surface area contributed by atoms with E-state index in [9.17, 15) is 0 Å². The van der Waals surface area contributed by atoms with E-state index in [1.54, 1.807) is 0 Å². The number of nitrogens with one attached hydrogen (secondary N) is 2. The lowest BCUT2D eigenvalue weighted by Gasteiger charge is -2.08. The Hall–Kier alpha value is -0.930. The van der Waals surface area contributed by atoms with Crippen LogP contribution in [0.5, 0.6) is 0 Å². The predicted octanol–water partition coefficient (Wildman–Crippen LogP) is 1.99. The molecule has 0 bridgehead atoms. The van der Waals surface area contributed by atoms with Gasteiger partial charge in [0.2, 0.25) is 0 Å². The quantitative estimate of drug-likeness (QED) is 0.643. The number of aryl methyl sites for hydroxylation is 1. The lowest BCUT2D eigenvalue weighted by Crippen LogP contribution is -2.27. The van der Waals surface area contributed by atoms with Crippen LogP contribution < -0.4 is 10.6 Å². The molecule has 0 aliphatic rings. The van der Waals surface area contributed by atoms with Crippen molar-refractivity contribution in [3.63, 3.8) is 0 Å². The van der Waals surface area contributed by atoms with Crippen molar-refractivity contribution >= 4 is 0 Å². The van der Waals surface area contributed by atoms with Gasteiger partial charge in [-0.25, -0.2) is 0 Å². The third-order valence-electron chi connectivity index (χ3n) is 2.65. The van der Waals surface area contributed by atoms with E-state index >= 15 is 0 Å². The van der Waals surface area contributed by atoms with Crippen LogP contribution in [-0.4, -0.2) is 30.7 Å². The number of pyridine rings is 1. The molecule has 0 fully saturated rings. The zero-order chi connectivity index (χ0) is 12.3. The summed E-state index contributed by atoms with van der Waals surface area (Å²) >= 11 is 0. The molecule has 0 amide bonds. The van der Waals surface area contributed by atoms with Gasteiger partial charge in [-0.1, -0.05) is 13.8 Å². The van der Waals surface area contributed by atoms with Crippen molar-refractivity contribution in [2.24, 2.45) is 0 Å². The molecule has 0 aliphatic carbocycles. The van der Waals surface area contributed by atoms with E-state index < -0.39 is 0 Å². The number of aromatic nitrogens is 1. The fourth-order valence-electron chi connectivity index (χ4n) is 1.70. The zero-order valence-electron chi connectivity index (χ0n) is 11.1. The van der Waals surface area contributed by atoms with E-state index in [4.69, 9.17) is 0 Å². The molecule has 1 rings (SSSR count). The van der Waals surface area contributed by atoms with Crippen LogP contribution in [0.1, 0.15) is 32.3 Å². The molecule has 0 spiro atoms. The molecular weight excluding hydrogens is 210 g/mol. The van der Waals surface area contributed by atoms with Gasteiger partial charge >= 0.3 is 0 Å². The van der Waals surface area contributed by atoms with E-state index in [1.165, 1.54) is 18.4 Å². The summed E-state index contributed by atoms with van der Waals surface area (Å²) in [6.45, 7) is 7.68. The third kappa shape index (κ3) is 7.88. The van der Waals surface area contributed by atoms with E-state index in [2.05, 4.69) is 41.6 Å². The molecule has 1 heterocycles. The second-order valence-corrected chi connectivity index (χ2v) is 4.67. The van der Waals surface area contributed by atoms with Crippen LogP contribution in [0, 0.1) is 0 Å². The molecule has 3 nitrogen and oxygen atoms in total. The SMILES string of the molecule is CC(C)NCCCNCCCc1ccncc1. The Labute approximate surface area is 105 Å². The van der Waals surface area contributed by atoms with Crippen molar-refractivity contribution in [2.75, 3.05) is 19.6 Å². The monoisotopic (exact) mass is 235 g/mol. The molecule has 0 radical (unpaired) electrons. The molecule has 2 N–H and O–H groups in total.